The third kappa shape index (κ3) is 5.16. The number of amides is 1. The smallest absolute Gasteiger partial charge is 0.339 e. The Kier molecular flexibility index (Phi) is 7.12. The van der Waals surface area contributed by atoms with Gasteiger partial charge in [0.15, 0.2) is 11.5 Å². The summed E-state index contributed by atoms with van der Waals surface area (Å²) >= 11 is 0. The van der Waals surface area contributed by atoms with Crippen LogP contribution in [0.3, 0.4) is 0 Å². The third-order valence-corrected chi connectivity index (χ3v) is 6.80. The molecule has 0 aliphatic carbocycles. The van der Waals surface area contributed by atoms with Crippen LogP contribution >= 0.6 is 0 Å². The summed E-state index contributed by atoms with van der Waals surface area (Å²) in [4.78, 5) is 27.5. The molecule has 1 aliphatic rings. The van der Waals surface area contributed by atoms with Gasteiger partial charge in [0.2, 0.25) is 5.91 Å². The monoisotopic (exact) mass is 499 g/mol. The molecule has 7 nitrogen and oxygen atoms in total. The fourth-order valence-electron chi connectivity index (χ4n) is 4.92. The van der Waals surface area contributed by atoms with Crippen LogP contribution in [-0.4, -0.2) is 38.2 Å². The van der Waals surface area contributed by atoms with Gasteiger partial charge in [0.05, 0.1) is 31.7 Å². The number of para-hydroxylation sites is 1. The van der Waals surface area contributed by atoms with Gasteiger partial charge in [0, 0.05) is 13.0 Å². The molecule has 1 unspecified atom stereocenters. The summed E-state index contributed by atoms with van der Waals surface area (Å²) in [5.41, 5.74) is 3.12. The molecule has 0 bridgehead atoms. The first-order valence-electron chi connectivity index (χ1n) is 12.3. The molecule has 1 aromatic heterocycles. The Morgan fingerprint density at radius 1 is 0.946 bits per heavy atom. The summed E-state index contributed by atoms with van der Waals surface area (Å²) in [6, 6.07) is 22.1. The van der Waals surface area contributed by atoms with E-state index >= 15 is 0 Å². The normalized spacial score (nSPS) is 14.8. The topological polar surface area (TPSA) is 78.2 Å². The van der Waals surface area contributed by atoms with E-state index in [1.54, 1.807) is 26.4 Å². The lowest BCUT2D eigenvalue weighted by Gasteiger charge is -2.37. The zero-order chi connectivity index (χ0) is 25.8. The Labute approximate surface area is 215 Å². The van der Waals surface area contributed by atoms with E-state index in [1.807, 2.05) is 59.5 Å². The SMILES string of the molecule is COc1cc2c(cc1OC)C(COc1cc(=O)oc3ccccc13)N(C(=O)CCc1ccccc1)CC2. The summed E-state index contributed by atoms with van der Waals surface area (Å²) in [6.45, 7) is 0.731. The van der Waals surface area contributed by atoms with Gasteiger partial charge in [0.1, 0.15) is 17.9 Å². The number of fused-ring (bicyclic) bond motifs is 2. The van der Waals surface area contributed by atoms with Gasteiger partial charge < -0.3 is 23.5 Å². The van der Waals surface area contributed by atoms with Crippen LogP contribution in [0.4, 0.5) is 0 Å². The minimum Gasteiger partial charge on any atom is -0.493 e. The van der Waals surface area contributed by atoms with Crippen LogP contribution in [0.15, 0.2) is 82.0 Å². The second kappa shape index (κ2) is 10.8. The highest BCUT2D eigenvalue weighted by Gasteiger charge is 2.33. The van der Waals surface area contributed by atoms with E-state index in [9.17, 15) is 9.59 Å². The van der Waals surface area contributed by atoms with Crippen molar-refractivity contribution in [2.24, 2.45) is 0 Å². The lowest BCUT2D eigenvalue weighted by atomic mass is 9.91. The van der Waals surface area contributed by atoms with Crippen LogP contribution < -0.4 is 19.8 Å². The molecule has 5 rings (SSSR count). The number of ether oxygens (including phenoxy) is 3. The van der Waals surface area contributed by atoms with E-state index in [2.05, 4.69) is 0 Å². The molecule has 1 atom stereocenters. The van der Waals surface area contributed by atoms with Crippen molar-refractivity contribution in [2.75, 3.05) is 27.4 Å². The molecule has 2 heterocycles. The molecule has 0 N–H and O–H groups in total. The standard InChI is InChI=1S/C30H29NO6/c1-34-27-16-21-14-15-31(29(32)13-12-20-8-4-3-5-9-20)24(23(21)17-28(27)35-2)19-36-26-18-30(33)37-25-11-7-6-10-22(25)26/h3-11,16-18,24H,12-15,19H2,1-2H3. The zero-order valence-electron chi connectivity index (χ0n) is 20.9. The lowest BCUT2D eigenvalue weighted by molar-refractivity contribution is -0.134. The molecule has 0 saturated carbocycles. The van der Waals surface area contributed by atoms with Gasteiger partial charge in [0.25, 0.3) is 0 Å². The molecule has 0 radical (unpaired) electrons. The minimum absolute atomic E-state index is 0.0512. The average molecular weight is 500 g/mol. The molecular weight excluding hydrogens is 470 g/mol. The summed E-state index contributed by atoms with van der Waals surface area (Å²) in [7, 11) is 3.20. The third-order valence-electron chi connectivity index (χ3n) is 6.80. The Morgan fingerprint density at radius 3 is 2.46 bits per heavy atom. The zero-order valence-corrected chi connectivity index (χ0v) is 20.9. The molecule has 0 saturated heterocycles. The molecule has 1 aliphatic heterocycles. The maximum absolute atomic E-state index is 13.5. The quantitative estimate of drug-likeness (QED) is 0.319. The van der Waals surface area contributed by atoms with E-state index < -0.39 is 5.63 Å². The summed E-state index contributed by atoms with van der Waals surface area (Å²) in [5.74, 6) is 1.72. The van der Waals surface area contributed by atoms with Crippen LogP contribution in [0.1, 0.15) is 29.2 Å². The van der Waals surface area contributed by atoms with Gasteiger partial charge >= 0.3 is 5.63 Å². The largest absolute Gasteiger partial charge is 0.493 e. The number of benzene rings is 3. The Balaban J connectivity index is 1.47. The number of carbonyl (C=O) groups is 1. The van der Waals surface area contributed by atoms with Crippen LogP contribution in [0.2, 0.25) is 0 Å². The minimum atomic E-state index is -0.486. The van der Waals surface area contributed by atoms with Gasteiger partial charge in [-0.1, -0.05) is 42.5 Å². The molecule has 4 aromatic rings. The van der Waals surface area contributed by atoms with E-state index in [0.717, 1.165) is 16.7 Å². The molecule has 0 fully saturated rings. The number of carbonyl (C=O) groups excluding carboxylic acids is 1. The molecule has 7 heteroatoms. The van der Waals surface area contributed by atoms with Crippen LogP contribution in [-0.2, 0) is 17.6 Å². The van der Waals surface area contributed by atoms with Gasteiger partial charge in [-0.25, -0.2) is 4.79 Å². The van der Waals surface area contributed by atoms with E-state index in [-0.39, 0.29) is 18.6 Å². The number of rotatable bonds is 8. The first-order chi connectivity index (χ1) is 18.1. The second-order valence-electron chi connectivity index (χ2n) is 8.98. The van der Waals surface area contributed by atoms with E-state index in [0.29, 0.717) is 54.0 Å². The number of aryl methyl sites for hydroxylation is 1. The second-order valence-corrected chi connectivity index (χ2v) is 8.98. The summed E-state index contributed by atoms with van der Waals surface area (Å²) < 4.78 is 22.6. The summed E-state index contributed by atoms with van der Waals surface area (Å²) in [5, 5.41) is 0.701. The fourth-order valence-corrected chi connectivity index (χ4v) is 4.92. The summed E-state index contributed by atoms with van der Waals surface area (Å²) in [6.07, 6.45) is 1.75. The van der Waals surface area contributed by atoms with E-state index in [4.69, 9.17) is 18.6 Å². The van der Waals surface area contributed by atoms with Gasteiger partial charge in [-0.05, 0) is 53.8 Å². The molecular formula is C30H29NO6. The average Bonchev–Trinajstić information content (AvgIpc) is 2.94. The Bertz CT molecular complexity index is 1460. The maximum atomic E-state index is 13.5. The van der Waals surface area contributed by atoms with Crippen molar-refractivity contribution in [2.45, 2.75) is 25.3 Å². The fraction of sp³-hybridized carbons (Fsp3) is 0.267. The van der Waals surface area contributed by atoms with E-state index in [1.165, 1.54) is 6.07 Å². The number of nitrogens with zero attached hydrogens (tertiary/aromatic N) is 1. The lowest BCUT2D eigenvalue weighted by Crippen LogP contribution is -2.42. The number of hydrogen-bond acceptors (Lipinski definition) is 6. The highest BCUT2D eigenvalue weighted by atomic mass is 16.5. The Hall–Kier alpha value is -4.26. The van der Waals surface area contributed by atoms with Crippen LogP contribution in [0.5, 0.6) is 17.2 Å². The molecule has 190 valence electrons. The predicted molar refractivity (Wildman–Crippen MR) is 140 cm³/mol. The van der Waals surface area contributed by atoms with Crippen molar-refractivity contribution in [1.29, 1.82) is 0 Å². The van der Waals surface area contributed by atoms with Crippen LogP contribution in [0, 0.1) is 0 Å². The highest BCUT2D eigenvalue weighted by molar-refractivity contribution is 5.83. The molecule has 3 aromatic carbocycles. The van der Waals surface area contributed by atoms with Crippen molar-refractivity contribution >= 4 is 16.9 Å². The van der Waals surface area contributed by atoms with Crippen molar-refractivity contribution in [3.05, 3.63) is 99.9 Å². The van der Waals surface area contributed by atoms with Crippen molar-refractivity contribution in [3.8, 4) is 17.2 Å². The first-order valence-corrected chi connectivity index (χ1v) is 12.3. The van der Waals surface area contributed by atoms with Crippen molar-refractivity contribution in [3.63, 3.8) is 0 Å². The molecule has 0 spiro atoms. The molecule has 37 heavy (non-hydrogen) atoms. The molecule has 1 amide bonds. The number of hydrogen-bond donors (Lipinski definition) is 0. The highest BCUT2D eigenvalue weighted by Crippen LogP contribution is 2.39. The van der Waals surface area contributed by atoms with Crippen molar-refractivity contribution < 1.29 is 23.4 Å². The predicted octanol–water partition coefficient (Wildman–Crippen LogP) is 4.95. The Morgan fingerprint density at radius 2 is 1.68 bits per heavy atom. The number of methoxy groups -OCH3 is 2. The van der Waals surface area contributed by atoms with Gasteiger partial charge in [-0.3, -0.25) is 4.79 Å². The van der Waals surface area contributed by atoms with Gasteiger partial charge in [-0.15, -0.1) is 0 Å². The van der Waals surface area contributed by atoms with Crippen LogP contribution in [0.25, 0.3) is 11.0 Å². The van der Waals surface area contributed by atoms with Gasteiger partial charge in [-0.2, -0.15) is 0 Å². The van der Waals surface area contributed by atoms with Crippen molar-refractivity contribution in [1.82, 2.24) is 4.90 Å². The maximum Gasteiger partial charge on any atom is 0.339 e. The first kappa shape index (κ1) is 24.4.